The molecular weight excluding hydrogens is 637 g/mol. The fourth-order valence-corrected chi connectivity index (χ4v) is 5.84. The predicted octanol–water partition coefficient (Wildman–Crippen LogP) is 5.25. The number of ether oxygens (including phenoxy) is 2. The Morgan fingerprint density at radius 1 is 1.06 bits per heavy atom. The molecule has 4 N–H and O–H groups in total. The van der Waals surface area contributed by atoms with E-state index in [9.17, 15) is 14.0 Å². The Morgan fingerprint density at radius 3 is 2.65 bits per heavy atom. The summed E-state index contributed by atoms with van der Waals surface area (Å²) < 4.78 is 23.5. The Kier molecular flexibility index (Phi) is 11.9. The maximum atomic E-state index is 13.3. The zero-order valence-electron chi connectivity index (χ0n) is 27.2. The van der Waals surface area contributed by atoms with Crippen LogP contribution >= 0.6 is 11.6 Å². The third-order valence-electron chi connectivity index (χ3n) is 8.13. The van der Waals surface area contributed by atoms with E-state index in [1.807, 2.05) is 31.2 Å². The van der Waals surface area contributed by atoms with E-state index < -0.39 is 12.6 Å². The second-order valence-electron chi connectivity index (χ2n) is 11.4. The van der Waals surface area contributed by atoms with Crippen molar-refractivity contribution in [1.82, 2.24) is 30.9 Å². The summed E-state index contributed by atoms with van der Waals surface area (Å²) in [6.45, 7) is 3.58. The van der Waals surface area contributed by atoms with Crippen LogP contribution in [0.1, 0.15) is 46.4 Å². The quantitative estimate of drug-likeness (QED) is 0.124. The molecule has 0 saturated carbocycles. The first-order valence-corrected chi connectivity index (χ1v) is 16.1. The number of methoxy groups -OCH3 is 2. The molecule has 0 bridgehead atoms. The molecule has 0 aliphatic carbocycles. The van der Waals surface area contributed by atoms with Gasteiger partial charge in [0.2, 0.25) is 11.8 Å². The molecule has 1 unspecified atom stereocenters. The molecule has 1 saturated heterocycles. The molecule has 2 amide bonds. The second kappa shape index (κ2) is 16.4. The highest BCUT2D eigenvalue weighted by Crippen LogP contribution is 2.38. The van der Waals surface area contributed by atoms with Crippen molar-refractivity contribution in [3.05, 3.63) is 82.3 Å². The number of rotatable bonds is 15. The summed E-state index contributed by atoms with van der Waals surface area (Å²) in [4.78, 5) is 38.4. The van der Waals surface area contributed by atoms with Crippen LogP contribution in [-0.4, -0.2) is 66.8 Å². The molecule has 0 radical (unpaired) electrons. The van der Waals surface area contributed by atoms with Crippen molar-refractivity contribution in [3.63, 3.8) is 0 Å². The molecule has 5 rings (SSSR count). The Labute approximate surface area is 284 Å². The molecule has 252 valence electrons. The smallest absolute Gasteiger partial charge is 0.274 e. The molecule has 1 atom stereocenters. The molecule has 1 aliphatic rings. The second-order valence-corrected chi connectivity index (χ2v) is 11.7. The van der Waals surface area contributed by atoms with E-state index in [1.165, 1.54) is 13.3 Å². The first kappa shape index (κ1) is 34.7. The number of carbonyl (C=O) groups is 2. The maximum absolute atomic E-state index is 13.3. The third-order valence-corrected chi connectivity index (χ3v) is 8.51. The van der Waals surface area contributed by atoms with Crippen molar-refractivity contribution in [3.8, 4) is 34.1 Å². The van der Waals surface area contributed by atoms with Gasteiger partial charge in [-0.15, -0.1) is 0 Å². The van der Waals surface area contributed by atoms with E-state index >= 15 is 0 Å². The van der Waals surface area contributed by atoms with Gasteiger partial charge in [0.05, 0.1) is 43.5 Å². The van der Waals surface area contributed by atoms with Crippen LogP contribution in [0.5, 0.6) is 11.6 Å². The van der Waals surface area contributed by atoms with E-state index in [0.717, 1.165) is 28.7 Å². The van der Waals surface area contributed by atoms with Crippen LogP contribution < -0.4 is 30.7 Å². The molecule has 1 aliphatic heterocycles. The van der Waals surface area contributed by atoms with Gasteiger partial charge in [-0.2, -0.15) is 0 Å². The number of benzene rings is 1. The van der Waals surface area contributed by atoms with Crippen molar-refractivity contribution in [1.29, 1.82) is 0 Å². The number of amides is 2. The fraction of sp³-hybridized carbons (Fsp3) is 0.343. The number of pyridine rings is 3. The lowest BCUT2D eigenvalue weighted by atomic mass is 10.0. The minimum Gasteiger partial charge on any atom is -0.495 e. The van der Waals surface area contributed by atoms with Gasteiger partial charge in [0.25, 0.3) is 5.91 Å². The summed E-state index contributed by atoms with van der Waals surface area (Å²) in [5, 5.41) is 12.8. The van der Waals surface area contributed by atoms with E-state index in [1.54, 1.807) is 31.5 Å². The molecule has 4 aromatic rings. The number of hydrogen-bond acceptors (Lipinski definition) is 9. The normalized spacial score (nSPS) is 14.1. The molecule has 48 heavy (non-hydrogen) atoms. The van der Waals surface area contributed by atoms with Gasteiger partial charge >= 0.3 is 0 Å². The number of alkyl halides is 1. The largest absolute Gasteiger partial charge is 0.495 e. The van der Waals surface area contributed by atoms with Crippen LogP contribution in [0.2, 0.25) is 5.02 Å². The molecule has 0 spiro atoms. The highest BCUT2D eigenvalue weighted by Gasteiger charge is 2.21. The number of hydrogen-bond donors (Lipinski definition) is 4. The topological polar surface area (TPSA) is 139 Å². The van der Waals surface area contributed by atoms with Crippen molar-refractivity contribution in [2.75, 3.05) is 39.3 Å². The SMILES string of the molecule is COc1cnc(C(=O)Nc2cccc(-c3nccc(-c4ccc(CNCC5CCC(=O)N5)c(OC)n4)c3Cl)c2C)cc1CNCCCF. The van der Waals surface area contributed by atoms with Crippen LogP contribution in [0.3, 0.4) is 0 Å². The van der Waals surface area contributed by atoms with Gasteiger partial charge in [-0.3, -0.25) is 19.0 Å². The first-order valence-electron chi connectivity index (χ1n) is 15.7. The van der Waals surface area contributed by atoms with Crippen LogP contribution in [0, 0.1) is 6.92 Å². The summed E-state index contributed by atoms with van der Waals surface area (Å²) in [7, 11) is 3.11. The minimum absolute atomic E-state index is 0.0857. The van der Waals surface area contributed by atoms with Crippen molar-refractivity contribution < 1.29 is 23.5 Å². The Balaban J connectivity index is 1.33. The van der Waals surface area contributed by atoms with Crippen molar-refractivity contribution >= 4 is 29.1 Å². The zero-order valence-corrected chi connectivity index (χ0v) is 27.9. The highest BCUT2D eigenvalue weighted by atomic mass is 35.5. The molecule has 4 heterocycles. The Bertz CT molecular complexity index is 1770. The van der Waals surface area contributed by atoms with Gasteiger partial charge in [0, 0.05) is 66.2 Å². The summed E-state index contributed by atoms with van der Waals surface area (Å²) in [5.74, 6) is 0.695. The molecule has 11 nitrogen and oxygen atoms in total. The van der Waals surface area contributed by atoms with E-state index in [4.69, 9.17) is 26.1 Å². The van der Waals surface area contributed by atoms with E-state index in [2.05, 4.69) is 31.2 Å². The third kappa shape index (κ3) is 8.25. The standard InChI is InChI=1S/C35H39ClFN7O4/c1-21-25(6-4-7-27(21)43-34(46)29-16-23(18-38-14-5-13-37)30(47-2)20-41-29)33-32(36)26(12-15-40-33)28-10-8-22(35(44-28)48-3)17-39-19-24-9-11-31(45)42-24/h4,6-8,10,12,15-16,20,24,38-39H,5,9,11,13-14,17-19H2,1-3H3,(H,42,45)(H,43,46). The van der Waals surface area contributed by atoms with Gasteiger partial charge < -0.3 is 30.7 Å². The molecule has 3 aromatic heterocycles. The van der Waals surface area contributed by atoms with E-state index in [-0.39, 0.29) is 17.6 Å². The van der Waals surface area contributed by atoms with E-state index in [0.29, 0.717) is 78.3 Å². The number of aromatic nitrogens is 3. The Hall–Kier alpha value is -4.65. The summed E-state index contributed by atoms with van der Waals surface area (Å²) >= 11 is 6.99. The van der Waals surface area contributed by atoms with Gasteiger partial charge in [0.1, 0.15) is 11.4 Å². The van der Waals surface area contributed by atoms with Crippen LogP contribution in [0.25, 0.3) is 22.5 Å². The van der Waals surface area contributed by atoms with Crippen molar-refractivity contribution in [2.24, 2.45) is 0 Å². The number of halogens is 2. The summed E-state index contributed by atoms with van der Waals surface area (Å²) in [5.41, 5.74) is 5.76. The molecule has 13 heteroatoms. The van der Waals surface area contributed by atoms with Crippen molar-refractivity contribution in [2.45, 2.75) is 45.3 Å². The van der Waals surface area contributed by atoms with Gasteiger partial charge in [-0.25, -0.2) is 9.97 Å². The lowest BCUT2D eigenvalue weighted by Gasteiger charge is -2.16. The summed E-state index contributed by atoms with van der Waals surface area (Å²) in [6.07, 6.45) is 4.95. The van der Waals surface area contributed by atoms with Gasteiger partial charge in [-0.05, 0) is 56.1 Å². The predicted molar refractivity (Wildman–Crippen MR) is 183 cm³/mol. The maximum Gasteiger partial charge on any atom is 0.274 e. The summed E-state index contributed by atoms with van der Waals surface area (Å²) in [6, 6.07) is 12.9. The Morgan fingerprint density at radius 2 is 1.90 bits per heavy atom. The first-order chi connectivity index (χ1) is 23.3. The lowest BCUT2D eigenvalue weighted by molar-refractivity contribution is -0.119. The zero-order chi connectivity index (χ0) is 34.0. The lowest BCUT2D eigenvalue weighted by Crippen LogP contribution is -2.35. The van der Waals surface area contributed by atoms with Gasteiger partial charge in [0.15, 0.2) is 0 Å². The number of nitrogens with zero attached hydrogens (tertiary/aromatic N) is 3. The average molecular weight is 676 g/mol. The highest BCUT2D eigenvalue weighted by molar-refractivity contribution is 6.35. The molecule has 1 aromatic carbocycles. The fourth-order valence-electron chi connectivity index (χ4n) is 5.53. The monoisotopic (exact) mass is 675 g/mol. The van der Waals surface area contributed by atoms with Gasteiger partial charge in [-0.1, -0.05) is 29.8 Å². The molecular formula is C35H39ClFN7O4. The average Bonchev–Trinajstić information content (AvgIpc) is 3.52. The number of anilines is 1. The number of carbonyl (C=O) groups excluding carboxylic acids is 2. The number of nitrogens with one attached hydrogen (secondary N) is 4. The van der Waals surface area contributed by atoms with Crippen LogP contribution in [-0.2, 0) is 17.9 Å². The van der Waals surface area contributed by atoms with Crippen LogP contribution in [0.4, 0.5) is 10.1 Å². The minimum atomic E-state index is -0.404. The molecule has 1 fully saturated rings. The van der Waals surface area contributed by atoms with Crippen LogP contribution in [0.15, 0.2) is 54.9 Å².